The van der Waals surface area contributed by atoms with Crippen molar-refractivity contribution in [2.45, 2.75) is 13.8 Å². The summed E-state index contributed by atoms with van der Waals surface area (Å²) in [5.74, 6) is -0.201. The minimum atomic E-state index is -0.201. The molecule has 1 N–H and O–H groups in total. The minimum absolute atomic E-state index is 0.201. The molecule has 0 fully saturated rings. The first kappa shape index (κ1) is 13.6. The highest BCUT2D eigenvalue weighted by Gasteiger charge is 2.17. The number of fused-ring (bicyclic) bond motifs is 1. The number of aromatic nitrogens is 2. The Morgan fingerprint density at radius 1 is 1.24 bits per heavy atom. The van der Waals surface area contributed by atoms with Gasteiger partial charge in [-0.05, 0) is 43.7 Å². The average molecular weight is 300 g/mol. The second kappa shape index (κ2) is 5.22. The molecule has 0 spiro atoms. The third-order valence-electron chi connectivity index (χ3n) is 3.32. The van der Waals surface area contributed by atoms with Gasteiger partial charge in [-0.2, -0.15) is 0 Å². The lowest BCUT2D eigenvalue weighted by atomic mass is 10.2. The van der Waals surface area contributed by atoms with Crippen LogP contribution < -0.4 is 5.32 Å². The van der Waals surface area contributed by atoms with Gasteiger partial charge in [-0.25, -0.2) is 4.98 Å². The topological polar surface area (TPSA) is 46.4 Å². The fourth-order valence-electron chi connectivity index (χ4n) is 2.35. The monoisotopic (exact) mass is 299 g/mol. The number of hydrogen-bond donors (Lipinski definition) is 1. The normalized spacial score (nSPS) is 10.8. The predicted molar refractivity (Wildman–Crippen MR) is 84.1 cm³/mol. The van der Waals surface area contributed by atoms with Crippen LogP contribution in [0.2, 0.25) is 5.02 Å². The van der Waals surface area contributed by atoms with Crippen LogP contribution >= 0.6 is 11.6 Å². The Bertz CT molecular complexity index is 839. The highest BCUT2D eigenvalue weighted by Crippen LogP contribution is 2.19. The Labute approximate surface area is 127 Å². The van der Waals surface area contributed by atoms with E-state index in [9.17, 15) is 4.79 Å². The van der Waals surface area contributed by atoms with E-state index in [1.807, 2.05) is 36.6 Å². The Kier molecular flexibility index (Phi) is 3.39. The van der Waals surface area contributed by atoms with Gasteiger partial charge in [0, 0.05) is 16.9 Å². The first-order valence-electron chi connectivity index (χ1n) is 6.57. The maximum Gasteiger partial charge on any atom is 0.274 e. The van der Waals surface area contributed by atoms with Gasteiger partial charge >= 0.3 is 0 Å². The quantitative estimate of drug-likeness (QED) is 0.781. The first-order chi connectivity index (χ1) is 10.1. The molecule has 0 bridgehead atoms. The largest absolute Gasteiger partial charge is 0.321 e. The molecule has 4 nitrogen and oxygen atoms in total. The van der Waals surface area contributed by atoms with Crippen molar-refractivity contribution < 1.29 is 4.79 Å². The van der Waals surface area contributed by atoms with Gasteiger partial charge in [0.05, 0.1) is 5.69 Å². The molecule has 3 aromatic rings. The van der Waals surface area contributed by atoms with Crippen molar-refractivity contribution in [3.63, 3.8) is 0 Å². The van der Waals surface area contributed by atoms with E-state index in [0.29, 0.717) is 22.1 Å². The third-order valence-corrected chi connectivity index (χ3v) is 3.55. The van der Waals surface area contributed by atoms with Gasteiger partial charge < -0.3 is 5.32 Å². The molecule has 0 saturated carbocycles. The summed E-state index contributed by atoms with van der Waals surface area (Å²) in [5.41, 5.74) is 3.72. The summed E-state index contributed by atoms with van der Waals surface area (Å²) < 4.78 is 1.81. The number of benzene rings is 1. The van der Waals surface area contributed by atoms with Crippen LogP contribution in [0.15, 0.2) is 42.6 Å². The molecule has 0 radical (unpaired) electrons. The molecule has 0 aliphatic rings. The van der Waals surface area contributed by atoms with Crippen LogP contribution in [0.5, 0.6) is 0 Å². The molecule has 0 saturated heterocycles. The van der Waals surface area contributed by atoms with E-state index in [1.54, 1.807) is 24.3 Å². The van der Waals surface area contributed by atoms with Gasteiger partial charge in [0.25, 0.3) is 5.91 Å². The van der Waals surface area contributed by atoms with Gasteiger partial charge in [-0.15, -0.1) is 0 Å². The zero-order valence-electron chi connectivity index (χ0n) is 11.7. The molecule has 106 valence electrons. The standard InChI is InChI=1S/C16H14ClN3O/c1-10-5-4-8-20-14(11(2)18-15(10)20)16(21)19-13-7-3-6-12(17)9-13/h3-9H,1-2H3,(H,19,21). The van der Waals surface area contributed by atoms with E-state index in [-0.39, 0.29) is 5.91 Å². The molecule has 2 heterocycles. The number of aryl methyl sites for hydroxylation is 2. The number of pyridine rings is 1. The van der Waals surface area contributed by atoms with Crippen molar-refractivity contribution in [2.24, 2.45) is 0 Å². The summed E-state index contributed by atoms with van der Waals surface area (Å²) in [4.78, 5) is 17.0. The molecule has 1 aromatic carbocycles. The van der Waals surface area contributed by atoms with Crippen molar-refractivity contribution in [1.82, 2.24) is 9.38 Å². The van der Waals surface area contributed by atoms with Crippen molar-refractivity contribution in [3.8, 4) is 0 Å². The van der Waals surface area contributed by atoms with Crippen molar-refractivity contribution in [2.75, 3.05) is 5.32 Å². The number of carbonyl (C=O) groups is 1. The van der Waals surface area contributed by atoms with Gasteiger partial charge in [0.15, 0.2) is 0 Å². The summed E-state index contributed by atoms with van der Waals surface area (Å²) in [6.07, 6.45) is 1.84. The summed E-state index contributed by atoms with van der Waals surface area (Å²) in [5, 5.41) is 3.44. The molecule has 1 amide bonds. The van der Waals surface area contributed by atoms with Gasteiger partial charge in [-0.1, -0.05) is 23.7 Å². The molecule has 0 aliphatic carbocycles. The Balaban J connectivity index is 2.02. The van der Waals surface area contributed by atoms with Crippen molar-refractivity contribution in [3.05, 3.63) is 64.6 Å². The van der Waals surface area contributed by atoms with E-state index in [0.717, 1.165) is 11.2 Å². The molecule has 0 atom stereocenters. The number of hydrogen-bond acceptors (Lipinski definition) is 2. The molecule has 21 heavy (non-hydrogen) atoms. The molecule has 0 aliphatic heterocycles. The second-order valence-corrected chi connectivity index (χ2v) is 5.33. The SMILES string of the molecule is Cc1nc2c(C)cccn2c1C(=O)Nc1cccc(Cl)c1. The smallest absolute Gasteiger partial charge is 0.274 e. The number of nitrogens with one attached hydrogen (secondary N) is 1. The number of halogens is 1. The third kappa shape index (κ3) is 2.50. The fraction of sp³-hybridized carbons (Fsp3) is 0.125. The number of amides is 1. The zero-order valence-corrected chi connectivity index (χ0v) is 12.5. The maximum absolute atomic E-state index is 12.5. The Morgan fingerprint density at radius 3 is 2.81 bits per heavy atom. The molecular weight excluding hydrogens is 286 g/mol. The van der Waals surface area contributed by atoms with Crippen LogP contribution in [-0.4, -0.2) is 15.3 Å². The lowest BCUT2D eigenvalue weighted by Gasteiger charge is -2.06. The second-order valence-electron chi connectivity index (χ2n) is 4.90. The zero-order chi connectivity index (χ0) is 15.0. The number of nitrogens with zero attached hydrogens (tertiary/aromatic N) is 2. The number of carbonyl (C=O) groups excluding carboxylic acids is 1. The predicted octanol–water partition coefficient (Wildman–Crippen LogP) is 3.86. The lowest BCUT2D eigenvalue weighted by Crippen LogP contribution is -2.15. The lowest BCUT2D eigenvalue weighted by molar-refractivity contribution is 0.102. The van der Waals surface area contributed by atoms with Gasteiger partial charge in [0.1, 0.15) is 11.3 Å². The average Bonchev–Trinajstić information content (AvgIpc) is 2.76. The number of anilines is 1. The highest BCUT2D eigenvalue weighted by molar-refractivity contribution is 6.30. The van der Waals surface area contributed by atoms with E-state index in [1.165, 1.54) is 0 Å². The number of rotatable bonds is 2. The van der Waals surface area contributed by atoms with E-state index >= 15 is 0 Å². The van der Waals surface area contributed by atoms with Crippen LogP contribution in [0.1, 0.15) is 21.7 Å². The van der Waals surface area contributed by atoms with Crippen molar-refractivity contribution >= 4 is 28.8 Å². The minimum Gasteiger partial charge on any atom is -0.321 e. The molecular formula is C16H14ClN3O. The fourth-order valence-corrected chi connectivity index (χ4v) is 2.54. The number of imidazole rings is 1. The maximum atomic E-state index is 12.5. The van der Waals surface area contributed by atoms with Crippen LogP contribution in [-0.2, 0) is 0 Å². The van der Waals surface area contributed by atoms with Crippen LogP contribution in [0, 0.1) is 13.8 Å². The molecule has 0 unspecified atom stereocenters. The highest BCUT2D eigenvalue weighted by atomic mass is 35.5. The summed E-state index contributed by atoms with van der Waals surface area (Å²) >= 11 is 5.93. The van der Waals surface area contributed by atoms with Crippen LogP contribution in [0.3, 0.4) is 0 Å². The van der Waals surface area contributed by atoms with Gasteiger partial charge in [-0.3, -0.25) is 9.20 Å². The summed E-state index contributed by atoms with van der Waals surface area (Å²) in [6.45, 7) is 3.81. The van der Waals surface area contributed by atoms with Crippen molar-refractivity contribution in [1.29, 1.82) is 0 Å². The van der Waals surface area contributed by atoms with Crippen LogP contribution in [0.25, 0.3) is 5.65 Å². The molecule has 3 rings (SSSR count). The van der Waals surface area contributed by atoms with Crippen LogP contribution in [0.4, 0.5) is 5.69 Å². The van der Waals surface area contributed by atoms with Gasteiger partial charge in [0.2, 0.25) is 0 Å². The summed E-state index contributed by atoms with van der Waals surface area (Å²) in [6, 6.07) is 10.9. The molecule has 5 heteroatoms. The Morgan fingerprint density at radius 2 is 2.05 bits per heavy atom. The Hall–Kier alpha value is -2.33. The van der Waals surface area contributed by atoms with E-state index in [4.69, 9.17) is 11.6 Å². The summed E-state index contributed by atoms with van der Waals surface area (Å²) in [7, 11) is 0. The van der Waals surface area contributed by atoms with E-state index in [2.05, 4.69) is 10.3 Å². The first-order valence-corrected chi connectivity index (χ1v) is 6.95. The molecule has 2 aromatic heterocycles. The van der Waals surface area contributed by atoms with E-state index < -0.39 is 0 Å².